The van der Waals surface area contributed by atoms with E-state index in [1.165, 1.54) is 34.9 Å². The number of nitrogens with zero attached hydrogens (tertiary/aromatic N) is 3. The van der Waals surface area contributed by atoms with Crippen molar-refractivity contribution in [1.82, 2.24) is 14.2 Å². The molecule has 1 unspecified atom stereocenters. The first-order chi connectivity index (χ1) is 15.3. The van der Waals surface area contributed by atoms with E-state index in [0.29, 0.717) is 22.5 Å². The van der Waals surface area contributed by atoms with Gasteiger partial charge in [-0.05, 0) is 47.5 Å². The van der Waals surface area contributed by atoms with Crippen LogP contribution in [0.2, 0.25) is 0 Å². The summed E-state index contributed by atoms with van der Waals surface area (Å²) in [6, 6.07) is 17.6. The molecular weight excluding hydrogens is 427 g/mol. The van der Waals surface area contributed by atoms with Gasteiger partial charge in [0.2, 0.25) is 0 Å². The van der Waals surface area contributed by atoms with Crippen LogP contribution in [0.4, 0.5) is 13.2 Å². The maximum Gasteiger partial charge on any atom is 0.573 e. The van der Waals surface area contributed by atoms with Crippen molar-refractivity contribution in [3.05, 3.63) is 83.4 Å². The number of para-hydroxylation sites is 1. The zero-order valence-corrected chi connectivity index (χ0v) is 16.6. The number of aromatic nitrogens is 3. The van der Waals surface area contributed by atoms with Gasteiger partial charge in [0.25, 0.3) is 0 Å². The Morgan fingerprint density at radius 1 is 0.938 bits per heavy atom. The van der Waals surface area contributed by atoms with Crippen molar-refractivity contribution in [2.45, 2.75) is 19.0 Å². The van der Waals surface area contributed by atoms with Crippen LogP contribution in [0.25, 0.3) is 16.8 Å². The maximum absolute atomic E-state index is 12.7. The second kappa shape index (κ2) is 8.75. The monoisotopic (exact) mass is 445 g/mol. The predicted octanol–water partition coefficient (Wildman–Crippen LogP) is 3.50. The van der Waals surface area contributed by atoms with Crippen LogP contribution < -0.4 is 15.2 Å². The summed E-state index contributed by atoms with van der Waals surface area (Å²) in [6.45, 7) is -0.0753. The Balaban J connectivity index is 1.49. The molecule has 0 amide bonds. The van der Waals surface area contributed by atoms with Gasteiger partial charge in [0.15, 0.2) is 5.65 Å². The summed E-state index contributed by atoms with van der Waals surface area (Å²) < 4.78 is 48.7. The molecule has 0 spiro atoms. The van der Waals surface area contributed by atoms with Gasteiger partial charge in [-0.25, -0.2) is 13.9 Å². The summed E-state index contributed by atoms with van der Waals surface area (Å²) in [5, 5.41) is 14.4. The topological polar surface area (TPSA) is 78.0 Å². The third kappa shape index (κ3) is 5.09. The highest BCUT2D eigenvalue weighted by Gasteiger charge is 2.31. The molecule has 4 rings (SSSR count). The molecule has 2 aromatic carbocycles. The van der Waals surface area contributed by atoms with Gasteiger partial charge in [-0.15, -0.1) is 18.3 Å². The number of hydrogen-bond donors (Lipinski definition) is 1. The van der Waals surface area contributed by atoms with Crippen LogP contribution >= 0.6 is 0 Å². The number of rotatable bonds is 7. The Kier molecular flexibility index (Phi) is 5.87. The molecule has 2 heterocycles. The normalized spacial score (nSPS) is 12.6. The van der Waals surface area contributed by atoms with Gasteiger partial charge in [-0.1, -0.05) is 30.3 Å². The second-order valence-corrected chi connectivity index (χ2v) is 6.96. The van der Waals surface area contributed by atoms with Crippen molar-refractivity contribution in [3.63, 3.8) is 0 Å². The SMILES string of the molecule is O=c1n(CC(O)COc2ccccc2)nc2ccc(-c3ccc(OC(F)(F)F)cc3)cn12. The van der Waals surface area contributed by atoms with E-state index < -0.39 is 18.2 Å². The van der Waals surface area contributed by atoms with Crippen molar-refractivity contribution in [3.8, 4) is 22.6 Å². The predicted molar refractivity (Wildman–Crippen MR) is 110 cm³/mol. The Hall–Kier alpha value is -3.79. The molecule has 7 nitrogen and oxygen atoms in total. The molecule has 0 saturated heterocycles. The minimum Gasteiger partial charge on any atom is -0.491 e. The molecule has 10 heteroatoms. The molecule has 0 saturated carbocycles. The van der Waals surface area contributed by atoms with Crippen molar-refractivity contribution in [2.24, 2.45) is 0 Å². The Morgan fingerprint density at radius 2 is 1.62 bits per heavy atom. The number of alkyl halides is 3. The van der Waals surface area contributed by atoms with E-state index in [1.54, 1.807) is 24.3 Å². The number of hydrogen-bond acceptors (Lipinski definition) is 5. The largest absolute Gasteiger partial charge is 0.573 e. The van der Waals surface area contributed by atoms with Crippen LogP contribution in [0.3, 0.4) is 0 Å². The van der Waals surface area contributed by atoms with Gasteiger partial charge in [-0.3, -0.25) is 0 Å². The molecule has 0 aliphatic carbocycles. The van der Waals surface area contributed by atoms with Gasteiger partial charge in [0, 0.05) is 6.20 Å². The third-order valence-electron chi connectivity index (χ3n) is 4.57. The molecule has 0 radical (unpaired) electrons. The van der Waals surface area contributed by atoms with Gasteiger partial charge < -0.3 is 14.6 Å². The Morgan fingerprint density at radius 3 is 2.31 bits per heavy atom. The van der Waals surface area contributed by atoms with Crippen LogP contribution in [0.5, 0.6) is 11.5 Å². The average molecular weight is 445 g/mol. The third-order valence-corrected chi connectivity index (χ3v) is 4.57. The van der Waals surface area contributed by atoms with Crippen molar-refractivity contribution < 1.29 is 27.8 Å². The number of aliphatic hydroxyl groups is 1. The summed E-state index contributed by atoms with van der Waals surface area (Å²) in [6.07, 6.45) is -4.19. The first-order valence-electron chi connectivity index (χ1n) is 9.60. The zero-order valence-electron chi connectivity index (χ0n) is 16.6. The van der Waals surface area contributed by atoms with Gasteiger partial charge in [-0.2, -0.15) is 0 Å². The van der Waals surface area contributed by atoms with Crippen LogP contribution in [0, 0.1) is 0 Å². The van der Waals surface area contributed by atoms with E-state index in [0.717, 1.165) is 4.68 Å². The number of benzene rings is 2. The molecule has 1 atom stereocenters. The zero-order chi connectivity index (χ0) is 22.7. The van der Waals surface area contributed by atoms with E-state index >= 15 is 0 Å². The fraction of sp³-hybridized carbons (Fsp3) is 0.182. The molecule has 1 N–H and O–H groups in total. The Labute approximate surface area is 179 Å². The second-order valence-electron chi connectivity index (χ2n) is 6.96. The van der Waals surface area contributed by atoms with E-state index in [2.05, 4.69) is 9.84 Å². The van der Waals surface area contributed by atoms with Gasteiger partial charge in [0.1, 0.15) is 24.2 Å². The summed E-state index contributed by atoms with van der Waals surface area (Å²) in [7, 11) is 0. The molecule has 0 bridgehead atoms. The van der Waals surface area contributed by atoms with Gasteiger partial charge in [0.05, 0.1) is 6.54 Å². The van der Waals surface area contributed by atoms with Crippen molar-refractivity contribution in [1.29, 1.82) is 0 Å². The number of halogens is 3. The summed E-state index contributed by atoms with van der Waals surface area (Å²) in [4.78, 5) is 12.7. The number of pyridine rings is 1. The van der Waals surface area contributed by atoms with E-state index in [4.69, 9.17) is 4.74 Å². The highest BCUT2D eigenvalue weighted by atomic mass is 19.4. The lowest BCUT2D eigenvalue weighted by Gasteiger charge is -2.11. The lowest BCUT2D eigenvalue weighted by Crippen LogP contribution is -2.30. The fourth-order valence-electron chi connectivity index (χ4n) is 3.12. The van der Waals surface area contributed by atoms with Crippen LogP contribution in [0.1, 0.15) is 0 Å². The van der Waals surface area contributed by atoms with Crippen molar-refractivity contribution >= 4 is 5.65 Å². The molecular formula is C22H18F3N3O4. The Bertz CT molecular complexity index is 1250. The molecule has 0 aliphatic heterocycles. The highest BCUT2D eigenvalue weighted by Crippen LogP contribution is 2.26. The minimum absolute atomic E-state index is 0.0120. The standard InChI is InChI=1S/C22H18F3N3O4/c23-22(24,25)32-19-9-6-15(7-10-19)16-8-11-20-26-28(21(30)27(20)12-16)13-17(29)14-31-18-4-2-1-3-5-18/h1-12,17,29H,13-14H2. The van der Waals surface area contributed by atoms with E-state index in [1.807, 2.05) is 18.2 Å². The van der Waals surface area contributed by atoms with Crippen LogP contribution in [-0.4, -0.2) is 38.4 Å². The number of fused-ring (bicyclic) bond motifs is 1. The van der Waals surface area contributed by atoms with Gasteiger partial charge >= 0.3 is 12.1 Å². The van der Waals surface area contributed by atoms with Crippen LogP contribution in [-0.2, 0) is 6.54 Å². The molecule has 0 fully saturated rings. The van der Waals surface area contributed by atoms with Crippen LogP contribution in [0.15, 0.2) is 77.7 Å². The van der Waals surface area contributed by atoms with E-state index in [9.17, 15) is 23.1 Å². The molecule has 0 aliphatic rings. The first kappa shape index (κ1) is 21.4. The molecule has 32 heavy (non-hydrogen) atoms. The molecule has 2 aromatic heterocycles. The minimum atomic E-state index is -4.76. The lowest BCUT2D eigenvalue weighted by molar-refractivity contribution is -0.274. The smallest absolute Gasteiger partial charge is 0.491 e. The average Bonchev–Trinajstić information content (AvgIpc) is 3.07. The molecule has 4 aromatic rings. The fourth-order valence-corrected chi connectivity index (χ4v) is 3.12. The lowest BCUT2D eigenvalue weighted by atomic mass is 10.1. The number of aliphatic hydroxyl groups excluding tert-OH is 1. The van der Waals surface area contributed by atoms with E-state index in [-0.39, 0.29) is 18.9 Å². The highest BCUT2D eigenvalue weighted by molar-refractivity contribution is 5.65. The summed E-state index contributed by atoms with van der Waals surface area (Å²) in [5.74, 6) is 0.268. The number of ether oxygens (including phenoxy) is 2. The maximum atomic E-state index is 12.7. The molecule has 166 valence electrons. The summed E-state index contributed by atoms with van der Waals surface area (Å²) >= 11 is 0. The summed E-state index contributed by atoms with van der Waals surface area (Å²) in [5.41, 5.74) is 1.10. The van der Waals surface area contributed by atoms with Crippen molar-refractivity contribution in [2.75, 3.05) is 6.61 Å². The first-order valence-corrected chi connectivity index (χ1v) is 9.60. The quantitative estimate of drug-likeness (QED) is 0.471.